The van der Waals surface area contributed by atoms with Crippen LogP contribution >= 0.6 is 11.8 Å². The van der Waals surface area contributed by atoms with E-state index in [2.05, 4.69) is 0 Å². The largest absolute Gasteiger partial charge is 0.481 e. The van der Waals surface area contributed by atoms with Crippen molar-refractivity contribution in [1.82, 2.24) is 4.90 Å². The van der Waals surface area contributed by atoms with Crippen LogP contribution in [0, 0.1) is 10.1 Å². The van der Waals surface area contributed by atoms with Gasteiger partial charge < -0.3 is 9.52 Å². The number of nitrogens with zero attached hydrogens (tertiary/aromatic N) is 2. The first-order chi connectivity index (χ1) is 13.3. The molecule has 28 heavy (non-hydrogen) atoms. The molecule has 0 saturated carbocycles. The maximum atomic E-state index is 12.3. The fourth-order valence-electron chi connectivity index (χ4n) is 2.54. The number of rotatable bonds is 7. The van der Waals surface area contributed by atoms with E-state index in [1.165, 1.54) is 18.2 Å². The first-order valence-electron chi connectivity index (χ1n) is 8.17. The zero-order valence-electron chi connectivity index (χ0n) is 14.4. The molecule has 2 heterocycles. The van der Waals surface area contributed by atoms with Crippen LogP contribution in [0.2, 0.25) is 0 Å². The number of carbonyl (C=O) groups excluding carboxylic acids is 2. The number of hydrogen-bond acceptors (Lipinski definition) is 7. The molecule has 1 saturated heterocycles. The van der Waals surface area contributed by atoms with E-state index in [-0.39, 0.29) is 30.0 Å². The molecule has 0 spiro atoms. The minimum atomic E-state index is -0.989. The van der Waals surface area contributed by atoms with Crippen molar-refractivity contribution >= 4 is 40.6 Å². The number of carboxylic acids is 1. The second kappa shape index (κ2) is 8.09. The minimum absolute atomic E-state index is 0.0351. The normalized spacial score (nSPS) is 15.4. The van der Waals surface area contributed by atoms with Crippen LogP contribution in [0.4, 0.5) is 10.5 Å². The fraction of sp³-hybridized carbons (Fsp3) is 0.167. The molecular formula is C18H14N2O7S. The van der Waals surface area contributed by atoms with Crippen LogP contribution in [0.5, 0.6) is 0 Å². The highest BCUT2D eigenvalue weighted by Crippen LogP contribution is 2.33. The van der Waals surface area contributed by atoms with Gasteiger partial charge >= 0.3 is 5.97 Å². The maximum absolute atomic E-state index is 12.3. The van der Waals surface area contributed by atoms with Gasteiger partial charge in [0.1, 0.15) is 11.5 Å². The summed E-state index contributed by atoms with van der Waals surface area (Å²) < 4.78 is 5.64. The number of benzene rings is 1. The third-order valence-corrected chi connectivity index (χ3v) is 4.82. The molecule has 0 aliphatic carbocycles. The van der Waals surface area contributed by atoms with Crippen LogP contribution in [0.1, 0.15) is 18.6 Å². The number of non-ortho nitro benzene ring substituents is 1. The Morgan fingerprint density at radius 1 is 1.21 bits per heavy atom. The van der Waals surface area contributed by atoms with Crippen molar-refractivity contribution in [2.75, 3.05) is 6.54 Å². The van der Waals surface area contributed by atoms with Gasteiger partial charge in [0.05, 0.1) is 9.83 Å². The predicted molar refractivity (Wildman–Crippen MR) is 100 cm³/mol. The standard InChI is InChI=1S/C18H14N2O7S/c21-16(22)2-1-9-19-17(23)15(28-18(19)24)10-13-7-8-14(27-13)11-3-5-12(6-4-11)20(25)26/h3-8,10H,1-2,9H2,(H,21,22)/b15-10-. The van der Waals surface area contributed by atoms with Crippen LogP contribution in [0.25, 0.3) is 17.4 Å². The summed E-state index contributed by atoms with van der Waals surface area (Å²) in [5, 5.41) is 18.9. The minimum Gasteiger partial charge on any atom is -0.481 e. The lowest BCUT2D eigenvalue weighted by Gasteiger charge is -2.10. The van der Waals surface area contributed by atoms with Gasteiger partial charge in [0.2, 0.25) is 0 Å². The summed E-state index contributed by atoms with van der Waals surface area (Å²) in [7, 11) is 0. The number of imide groups is 1. The number of nitro benzene ring substituents is 1. The summed E-state index contributed by atoms with van der Waals surface area (Å²) in [5.74, 6) is -0.670. The lowest BCUT2D eigenvalue weighted by molar-refractivity contribution is -0.384. The summed E-state index contributed by atoms with van der Waals surface area (Å²) in [6, 6.07) is 9.10. The molecule has 1 aliphatic heterocycles. The molecule has 1 aromatic carbocycles. The zero-order chi connectivity index (χ0) is 20.3. The number of thioether (sulfide) groups is 1. The van der Waals surface area contributed by atoms with Gasteiger partial charge in [-0.25, -0.2) is 0 Å². The van der Waals surface area contributed by atoms with Crippen molar-refractivity contribution in [2.24, 2.45) is 0 Å². The lowest BCUT2D eigenvalue weighted by atomic mass is 10.1. The molecule has 9 nitrogen and oxygen atoms in total. The quantitative estimate of drug-likeness (QED) is 0.421. The van der Waals surface area contributed by atoms with Gasteiger partial charge in [-0.1, -0.05) is 0 Å². The SMILES string of the molecule is O=C(O)CCCN1C(=O)S/C(=C\c2ccc(-c3ccc([N+](=O)[O-])cc3)o2)C1=O. The van der Waals surface area contributed by atoms with Crippen molar-refractivity contribution in [1.29, 1.82) is 0 Å². The molecule has 2 amide bonds. The molecule has 1 aliphatic rings. The van der Waals surface area contributed by atoms with Gasteiger partial charge in [-0.3, -0.25) is 29.4 Å². The van der Waals surface area contributed by atoms with Gasteiger partial charge in [0.25, 0.3) is 16.8 Å². The predicted octanol–water partition coefficient (Wildman–Crippen LogP) is 3.76. The second-order valence-electron chi connectivity index (χ2n) is 5.84. The number of nitro groups is 1. The monoisotopic (exact) mass is 402 g/mol. The van der Waals surface area contributed by atoms with Crippen LogP contribution in [0.15, 0.2) is 45.7 Å². The van der Waals surface area contributed by atoms with Crippen molar-refractivity contribution in [3.8, 4) is 11.3 Å². The highest BCUT2D eigenvalue weighted by molar-refractivity contribution is 8.18. The highest BCUT2D eigenvalue weighted by atomic mass is 32.2. The van der Waals surface area contributed by atoms with E-state index >= 15 is 0 Å². The summed E-state index contributed by atoms with van der Waals surface area (Å²) in [6.45, 7) is 0.0422. The topological polar surface area (TPSA) is 131 Å². The number of aliphatic carboxylic acids is 1. The van der Waals surface area contributed by atoms with Crippen molar-refractivity contribution in [3.05, 3.63) is 57.2 Å². The van der Waals surface area contributed by atoms with Crippen LogP contribution in [0.3, 0.4) is 0 Å². The highest BCUT2D eigenvalue weighted by Gasteiger charge is 2.34. The van der Waals surface area contributed by atoms with Crippen molar-refractivity contribution < 1.29 is 28.8 Å². The Hall–Kier alpha value is -3.40. The zero-order valence-corrected chi connectivity index (χ0v) is 15.2. The lowest BCUT2D eigenvalue weighted by Crippen LogP contribution is -2.29. The summed E-state index contributed by atoms with van der Waals surface area (Å²) in [5.41, 5.74) is 0.596. The number of hydrogen-bond donors (Lipinski definition) is 1. The van der Waals surface area contributed by atoms with Crippen LogP contribution in [-0.2, 0) is 9.59 Å². The van der Waals surface area contributed by atoms with Gasteiger partial charge in [-0.05, 0) is 42.4 Å². The number of furan rings is 1. The average Bonchev–Trinajstić information content (AvgIpc) is 3.22. The van der Waals surface area contributed by atoms with E-state index in [0.29, 0.717) is 17.1 Å². The molecule has 10 heteroatoms. The van der Waals surface area contributed by atoms with Gasteiger partial charge in [0.15, 0.2) is 0 Å². The summed E-state index contributed by atoms with van der Waals surface area (Å²) in [4.78, 5) is 46.3. The third kappa shape index (κ3) is 4.29. The Bertz CT molecular complexity index is 978. The molecular weight excluding hydrogens is 388 g/mol. The Kier molecular flexibility index (Phi) is 5.59. The molecule has 0 atom stereocenters. The first-order valence-corrected chi connectivity index (χ1v) is 8.98. The molecule has 144 valence electrons. The molecule has 0 bridgehead atoms. The van der Waals surface area contributed by atoms with E-state index < -0.39 is 22.0 Å². The molecule has 1 N–H and O–H groups in total. The molecule has 1 fully saturated rings. The van der Waals surface area contributed by atoms with Crippen molar-refractivity contribution in [2.45, 2.75) is 12.8 Å². The fourth-order valence-corrected chi connectivity index (χ4v) is 3.39. The second-order valence-corrected chi connectivity index (χ2v) is 6.83. The van der Waals surface area contributed by atoms with Gasteiger partial charge in [-0.2, -0.15) is 0 Å². The average molecular weight is 402 g/mol. The third-order valence-electron chi connectivity index (χ3n) is 3.91. The summed E-state index contributed by atoms with van der Waals surface area (Å²) >= 11 is 0.762. The van der Waals surface area contributed by atoms with E-state index in [1.807, 2.05) is 0 Å². The van der Waals surface area contributed by atoms with E-state index in [4.69, 9.17) is 9.52 Å². The van der Waals surface area contributed by atoms with E-state index in [0.717, 1.165) is 16.7 Å². The first kappa shape index (κ1) is 19.4. The molecule has 2 aromatic rings. The maximum Gasteiger partial charge on any atom is 0.303 e. The Balaban J connectivity index is 1.72. The Morgan fingerprint density at radius 2 is 1.93 bits per heavy atom. The van der Waals surface area contributed by atoms with Gasteiger partial charge in [-0.15, -0.1) is 0 Å². The van der Waals surface area contributed by atoms with Crippen molar-refractivity contribution in [3.63, 3.8) is 0 Å². The molecule has 0 unspecified atom stereocenters. The number of carboxylic acid groups (broad SMARTS) is 1. The number of amides is 2. The molecule has 1 aromatic heterocycles. The molecule has 0 radical (unpaired) electrons. The van der Waals surface area contributed by atoms with E-state index in [1.54, 1.807) is 24.3 Å². The van der Waals surface area contributed by atoms with Crippen LogP contribution < -0.4 is 0 Å². The Morgan fingerprint density at radius 3 is 2.57 bits per heavy atom. The van der Waals surface area contributed by atoms with Crippen LogP contribution in [-0.4, -0.2) is 38.6 Å². The van der Waals surface area contributed by atoms with Gasteiger partial charge in [0, 0.05) is 36.7 Å². The number of carbonyl (C=O) groups is 3. The molecule has 3 rings (SSSR count). The summed E-state index contributed by atoms with van der Waals surface area (Å²) in [6.07, 6.45) is 1.50. The van der Waals surface area contributed by atoms with E-state index in [9.17, 15) is 24.5 Å². The Labute approximate surface area is 162 Å². The smallest absolute Gasteiger partial charge is 0.303 e.